The summed E-state index contributed by atoms with van der Waals surface area (Å²) in [4.78, 5) is 15.7. The molecule has 0 unspecified atom stereocenters. The zero-order chi connectivity index (χ0) is 10.1. The maximum Gasteiger partial charge on any atom is 0.224 e. The molecule has 0 spiro atoms. The molecule has 1 aromatic heterocycles. The Morgan fingerprint density at radius 2 is 2.29 bits per heavy atom. The maximum atomic E-state index is 11.4. The molecule has 3 nitrogen and oxygen atoms in total. The van der Waals surface area contributed by atoms with Crippen LogP contribution < -0.4 is 5.32 Å². The quantitative estimate of drug-likeness (QED) is 0.773. The van der Waals surface area contributed by atoms with E-state index in [9.17, 15) is 4.79 Å². The van der Waals surface area contributed by atoms with Crippen LogP contribution in [0.4, 0.5) is 5.69 Å². The van der Waals surface area contributed by atoms with Gasteiger partial charge in [0.05, 0.1) is 11.4 Å². The average molecular weight is 255 g/mol. The van der Waals surface area contributed by atoms with E-state index in [1.54, 1.807) is 6.20 Å². The van der Waals surface area contributed by atoms with Crippen LogP contribution in [0.3, 0.4) is 0 Å². The summed E-state index contributed by atoms with van der Waals surface area (Å²) in [5.74, 6) is 0.0896. The Labute approximate surface area is 91.0 Å². The summed E-state index contributed by atoms with van der Waals surface area (Å²) in [5.41, 5.74) is 2.95. The summed E-state index contributed by atoms with van der Waals surface area (Å²) < 4.78 is 0.943. The highest BCUT2D eigenvalue weighted by atomic mass is 79.9. The van der Waals surface area contributed by atoms with Crippen molar-refractivity contribution in [3.8, 4) is 0 Å². The molecule has 0 aromatic carbocycles. The summed E-state index contributed by atoms with van der Waals surface area (Å²) in [5, 5.41) is 2.90. The monoisotopic (exact) mass is 254 g/mol. The number of hydrogen-bond acceptors (Lipinski definition) is 2. The Morgan fingerprint density at radius 1 is 1.50 bits per heavy atom. The Hall–Kier alpha value is -0.900. The van der Waals surface area contributed by atoms with E-state index < -0.39 is 0 Å². The molecule has 2 rings (SSSR count). The fraction of sp³-hybridized carbons (Fsp3) is 0.400. The number of fused-ring (bicyclic) bond motifs is 1. The molecule has 1 amide bonds. The van der Waals surface area contributed by atoms with Crippen molar-refractivity contribution in [3.05, 3.63) is 21.9 Å². The number of carbonyl (C=O) groups excluding carboxylic acids is 1. The number of carbonyl (C=O) groups is 1. The Balaban J connectivity index is 2.51. The van der Waals surface area contributed by atoms with Gasteiger partial charge in [0, 0.05) is 17.1 Å². The van der Waals surface area contributed by atoms with Gasteiger partial charge in [0.2, 0.25) is 5.91 Å². The van der Waals surface area contributed by atoms with Crippen molar-refractivity contribution < 1.29 is 4.79 Å². The minimum absolute atomic E-state index is 0.0896. The van der Waals surface area contributed by atoms with Gasteiger partial charge in [-0.2, -0.15) is 0 Å². The third kappa shape index (κ3) is 1.66. The van der Waals surface area contributed by atoms with Gasteiger partial charge in [-0.05, 0) is 41.3 Å². The summed E-state index contributed by atoms with van der Waals surface area (Å²) in [7, 11) is 0. The van der Waals surface area contributed by atoms with Crippen LogP contribution in [0.25, 0.3) is 0 Å². The topological polar surface area (TPSA) is 42.0 Å². The van der Waals surface area contributed by atoms with Gasteiger partial charge >= 0.3 is 0 Å². The minimum Gasteiger partial charge on any atom is -0.324 e. The SMILES string of the molecule is Cc1c(Br)cnc2c1NC(=O)CCC2. The van der Waals surface area contributed by atoms with E-state index in [0.717, 1.165) is 34.3 Å². The molecule has 14 heavy (non-hydrogen) atoms. The average Bonchev–Trinajstić information content (AvgIpc) is 2.34. The second kappa shape index (κ2) is 3.69. The molecule has 0 bridgehead atoms. The number of pyridine rings is 1. The predicted molar refractivity (Wildman–Crippen MR) is 58.2 cm³/mol. The summed E-state index contributed by atoms with van der Waals surface area (Å²) in [6.07, 6.45) is 4.15. The second-order valence-electron chi connectivity index (χ2n) is 3.45. The molecule has 0 fully saturated rings. The van der Waals surface area contributed by atoms with Crippen molar-refractivity contribution >= 4 is 27.5 Å². The molecule has 1 aliphatic rings. The van der Waals surface area contributed by atoms with Gasteiger partial charge in [-0.25, -0.2) is 0 Å². The summed E-state index contributed by atoms with van der Waals surface area (Å²) >= 11 is 3.41. The number of hydrogen-bond donors (Lipinski definition) is 1. The molecule has 1 aliphatic heterocycles. The van der Waals surface area contributed by atoms with E-state index in [0.29, 0.717) is 6.42 Å². The Kier molecular flexibility index (Phi) is 2.54. The van der Waals surface area contributed by atoms with E-state index in [1.165, 1.54) is 0 Å². The van der Waals surface area contributed by atoms with Gasteiger partial charge in [0.15, 0.2) is 0 Å². The predicted octanol–water partition coefficient (Wildman–Crippen LogP) is 2.43. The van der Waals surface area contributed by atoms with E-state index in [4.69, 9.17) is 0 Å². The summed E-state index contributed by atoms with van der Waals surface area (Å²) in [6, 6.07) is 0. The van der Waals surface area contributed by atoms with Crippen LogP contribution in [0.1, 0.15) is 24.1 Å². The molecule has 0 radical (unpaired) electrons. The first kappa shape index (κ1) is 9.65. The van der Waals surface area contributed by atoms with E-state index in [2.05, 4.69) is 26.2 Å². The molecular weight excluding hydrogens is 244 g/mol. The van der Waals surface area contributed by atoms with Crippen molar-refractivity contribution in [3.63, 3.8) is 0 Å². The molecule has 0 saturated carbocycles. The molecule has 4 heteroatoms. The Morgan fingerprint density at radius 3 is 3.07 bits per heavy atom. The highest BCUT2D eigenvalue weighted by molar-refractivity contribution is 9.10. The van der Waals surface area contributed by atoms with Crippen LogP contribution >= 0.6 is 15.9 Å². The number of amides is 1. The van der Waals surface area contributed by atoms with Gasteiger partial charge in [0.1, 0.15) is 0 Å². The molecular formula is C10H11BrN2O. The maximum absolute atomic E-state index is 11.4. The highest BCUT2D eigenvalue weighted by Crippen LogP contribution is 2.28. The van der Waals surface area contributed by atoms with Crippen LogP contribution in [-0.2, 0) is 11.2 Å². The zero-order valence-corrected chi connectivity index (χ0v) is 9.52. The van der Waals surface area contributed by atoms with Crippen molar-refractivity contribution in [1.29, 1.82) is 0 Å². The van der Waals surface area contributed by atoms with E-state index in [-0.39, 0.29) is 5.91 Å². The van der Waals surface area contributed by atoms with Gasteiger partial charge in [-0.15, -0.1) is 0 Å². The van der Waals surface area contributed by atoms with E-state index in [1.807, 2.05) is 6.92 Å². The lowest BCUT2D eigenvalue weighted by Gasteiger charge is -2.10. The van der Waals surface area contributed by atoms with Gasteiger partial charge in [-0.3, -0.25) is 9.78 Å². The molecule has 2 heterocycles. The first-order chi connectivity index (χ1) is 6.68. The molecule has 74 valence electrons. The molecule has 0 aliphatic carbocycles. The smallest absolute Gasteiger partial charge is 0.224 e. The third-order valence-electron chi connectivity index (χ3n) is 2.44. The highest BCUT2D eigenvalue weighted by Gasteiger charge is 2.16. The first-order valence-electron chi connectivity index (χ1n) is 4.62. The fourth-order valence-corrected chi connectivity index (χ4v) is 1.91. The molecule has 0 atom stereocenters. The van der Waals surface area contributed by atoms with Crippen LogP contribution in [0.15, 0.2) is 10.7 Å². The lowest BCUT2D eigenvalue weighted by molar-refractivity contribution is -0.116. The minimum atomic E-state index is 0.0896. The van der Waals surface area contributed by atoms with Crippen molar-refractivity contribution in [1.82, 2.24) is 4.98 Å². The number of nitrogens with one attached hydrogen (secondary N) is 1. The standard InChI is InChI=1S/C10H11BrN2O/c1-6-7(11)5-12-8-3-2-4-9(14)13-10(6)8/h5H,2-4H2,1H3,(H,13,14). The first-order valence-corrected chi connectivity index (χ1v) is 5.41. The number of anilines is 1. The van der Waals surface area contributed by atoms with Crippen molar-refractivity contribution in [2.24, 2.45) is 0 Å². The third-order valence-corrected chi connectivity index (χ3v) is 3.24. The molecule has 1 aromatic rings. The van der Waals surface area contributed by atoms with Gasteiger partial charge in [0.25, 0.3) is 0 Å². The number of rotatable bonds is 0. The van der Waals surface area contributed by atoms with Crippen LogP contribution in [0.5, 0.6) is 0 Å². The number of aryl methyl sites for hydroxylation is 1. The van der Waals surface area contributed by atoms with E-state index >= 15 is 0 Å². The van der Waals surface area contributed by atoms with Crippen molar-refractivity contribution in [2.75, 3.05) is 5.32 Å². The largest absolute Gasteiger partial charge is 0.324 e. The fourth-order valence-electron chi connectivity index (χ4n) is 1.61. The number of nitrogens with zero attached hydrogens (tertiary/aromatic N) is 1. The van der Waals surface area contributed by atoms with Crippen LogP contribution in [0, 0.1) is 6.92 Å². The van der Waals surface area contributed by atoms with Crippen LogP contribution in [-0.4, -0.2) is 10.9 Å². The van der Waals surface area contributed by atoms with Crippen molar-refractivity contribution in [2.45, 2.75) is 26.2 Å². The number of aromatic nitrogens is 1. The normalized spacial score (nSPS) is 15.7. The summed E-state index contributed by atoms with van der Waals surface area (Å²) in [6.45, 7) is 1.98. The zero-order valence-electron chi connectivity index (χ0n) is 7.93. The molecule has 1 N–H and O–H groups in total. The van der Waals surface area contributed by atoms with Gasteiger partial charge in [-0.1, -0.05) is 0 Å². The lowest BCUT2D eigenvalue weighted by atomic mass is 10.1. The van der Waals surface area contributed by atoms with Crippen LogP contribution in [0.2, 0.25) is 0 Å². The second-order valence-corrected chi connectivity index (χ2v) is 4.31. The lowest BCUT2D eigenvalue weighted by Crippen LogP contribution is -2.11. The Bertz CT molecular complexity index is 390. The number of halogens is 1. The molecule has 0 saturated heterocycles. The van der Waals surface area contributed by atoms with Gasteiger partial charge < -0.3 is 5.32 Å².